The second-order valence-electron chi connectivity index (χ2n) is 9.04. The van der Waals surface area contributed by atoms with Crippen molar-refractivity contribution in [1.82, 2.24) is 0 Å². The van der Waals surface area contributed by atoms with Crippen molar-refractivity contribution in [2.45, 2.75) is 27.7 Å². The molecule has 38 heavy (non-hydrogen) atoms. The van der Waals surface area contributed by atoms with E-state index in [0.29, 0.717) is 0 Å². The molecule has 0 unspecified atom stereocenters. The molecule has 0 aliphatic heterocycles. The van der Waals surface area contributed by atoms with Gasteiger partial charge >= 0.3 is 51.1 Å². The molecule has 0 atom stereocenters. The summed E-state index contributed by atoms with van der Waals surface area (Å²) in [5.41, 5.74) is 5.78. The van der Waals surface area contributed by atoms with E-state index in [-0.39, 0.29) is 0 Å². The van der Waals surface area contributed by atoms with Crippen molar-refractivity contribution >= 4 is 86.1 Å². The summed E-state index contributed by atoms with van der Waals surface area (Å²) in [5, 5.41) is 3.77. The van der Waals surface area contributed by atoms with E-state index in [4.69, 9.17) is 17.3 Å². The Bertz CT molecular complexity index is 1270. The molecule has 0 aliphatic carbocycles. The number of halogens is 3. The Morgan fingerprint density at radius 2 is 1.05 bits per heavy atom. The molecule has 0 saturated heterocycles. The van der Waals surface area contributed by atoms with E-state index in [1.165, 1.54) is 32.3 Å². The van der Waals surface area contributed by atoms with Gasteiger partial charge in [-0.3, -0.25) is 0 Å². The Morgan fingerprint density at radius 1 is 0.711 bits per heavy atom. The fourth-order valence-electron chi connectivity index (χ4n) is 4.86. The standard InChI is InChI=1S/C31H31NSSi.3BrH.Ta/c1-23-20-24(2)31(25(3)21-23)30(33)22-26(4)32-34(27-14-8-5-9-15-27,28-16-10-6-11-17-28)29-18-12-7-13-19-29;;;;/h5-22,33H,1-4H3;3*1H;/q;;;;+3/p-4/b30-22-,32-26+;;;;. The molecule has 196 valence electrons. The predicted octanol–water partition coefficient (Wildman–Crippen LogP) is 8.16. The number of benzene rings is 4. The fraction of sp³-hybridized carbons (Fsp3) is 0.129. The number of allylic oxidation sites excluding steroid dienone is 1. The molecule has 0 aliphatic rings. The molecule has 7 heteroatoms. The Kier molecular flexibility index (Phi) is 12.5. The number of aryl methyl sites for hydroxylation is 3. The normalized spacial score (nSPS) is 12.2. The van der Waals surface area contributed by atoms with Crippen LogP contribution in [0.5, 0.6) is 0 Å². The number of nitrogens with zero attached hydrogens (tertiary/aromatic N) is 1. The molecule has 4 rings (SSSR count). The quantitative estimate of drug-likeness (QED) is 0.0825. The Balaban J connectivity index is 0.000000934. The summed E-state index contributed by atoms with van der Waals surface area (Å²) < 4.78 is 5.57. The first-order valence-electron chi connectivity index (χ1n) is 12.1. The minimum absolute atomic E-state index is 0.841. The van der Waals surface area contributed by atoms with Crippen molar-refractivity contribution in [2.75, 3.05) is 0 Å². The molecular weight excluding hydrogens is 867 g/mol. The maximum atomic E-state index is 5.93. The minimum atomic E-state index is -2.69. The second-order valence-corrected chi connectivity index (χ2v) is 55.0. The third kappa shape index (κ3) is 8.21. The molecular formula is C31H30Br3NSSiTa-. The number of rotatable bonds is 6. The van der Waals surface area contributed by atoms with Gasteiger partial charge in [0.15, 0.2) is 0 Å². The monoisotopic (exact) mass is 894 g/mol. The van der Waals surface area contributed by atoms with Crippen molar-refractivity contribution < 1.29 is 12.0 Å². The van der Waals surface area contributed by atoms with Gasteiger partial charge in [-0.15, -0.1) is 0 Å². The van der Waals surface area contributed by atoms with Crippen LogP contribution in [0.15, 0.2) is 114 Å². The third-order valence-corrected chi connectivity index (χ3v) is 10.7. The van der Waals surface area contributed by atoms with E-state index in [9.17, 15) is 0 Å². The van der Waals surface area contributed by atoms with Crippen molar-refractivity contribution in [1.29, 1.82) is 0 Å². The van der Waals surface area contributed by atoms with Gasteiger partial charge in [0.1, 0.15) is 0 Å². The van der Waals surface area contributed by atoms with Gasteiger partial charge in [-0.05, 0) is 59.9 Å². The summed E-state index contributed by atoms with van der Waals surface area (Å²) in [6.07, 6.45) is 2.08. The van der Waals surface area contributed by atoms with E-state index in [1.807, 2.05) is 0 Å². The van der Waals surface area contributed by atoms with Crippen LogP contribution in [0.4, 0.5) is 0 Å². The molecule has 0 amide bonds. The molecule has 0 radical (unpaired) electrons. The van der Waals surface area contributed by atoms with E-state index in [2.05, 4.69) is 176 Å². The van der Waals surface area contributed by atoms with Crippen LogP contribution in [-0.2, 0) is 24.7 Å². The van der Waals surface area contributed by atoms with Crippen LogP contribution in [0.25, 0.3) is 4.91 Å². The average Bonchev–Trinajstić information content (AvgIpc) is 2.88. The molecule has 0 spiro atoms. The topological polar surface area (TPSA) is 12.4 Å². The molecule has 0 N–H and O–H groups in total. The van der Waals surface area contributed by atoms with Gasteiger partial charge in [-0.2, -0.15) is 4.91 Å². The maximum absolute atomic E-state index is 5.93. The van der Waals surface area contributed by atoms with Gasteiger partial charge in [0.25, 0.3) is 8.24 Å². The average molecular weight is 897 g/mol. The summed E-state index contributed by atoms with van der Waals surface area (Å²) in [7, 11) is -2.69. The first-order valence-corrected chi connectivity index (χ1v) is 35.5. The number of hydrogen-bond acceptors (Lipinski definition) is 2. The zero-order valence-corrected chi connectivity index (χ0v) is 31.6. The van der Waals surface area contributed by atoms with Crippen molar-refractivity contribution in [3.05, 3.63) is 131 Å². The number of hydrogen-bond donors (Lipinski definition) is 0. The molecule has 1 nitrogen and oxygen atoms in total. The van der Waals surface area contributed by atoms with Gasteiger partial charge in [-0.1, -0.05) is 115 Å². The van der Waals surface area contributed by atoms with E-state index < -0.39 is 20.3 Å². The van der Waals surface area contributed by atoms with Crippen LogP contribution in [0.1, 0.15) is 29.2 Å². The second kappa shape index (κ2) is 15.1. The summed E-state index contributed by atoms with van der Waals surface area (Å²) in [5.74, 6) is 0. The van der Waals surface area contributed by atoms with Crippen molar-refractivity contribution in [3.63, 3.8) is 0 Å². The predicted molar refractivity (Wildman–Crippen MR) is 180 cm³/mol. The molecule has 4 aromatic carbocycles. The molecule has 0 bridgehead atoms. The SMILES string of the molecule is CC(/C=C(\[S-])c1c(C)cc(C)cc1C)=N\[Si](c1ccccc1)(c1ccccc1)c1ccccc1.[Br][Ta]([Br])[Br]. The zero-order chi connectivity index (χ0) is 27.7. The van der Waals surface area contributed by atoms with E-state index in [1.54, 1.807) is 0 Å². The van der Waals surface area contributed by atoms with Crippen molar-refractivity contribution in [2.24, 2.45) is 4.66 Å². The molecule has 0 aromatic heterocycles. The molecule has 0 heterocycles. The van der Waals surface area contributed by atoms with E-state index in [0.717, 1.165) is 16.2 Å². The van der Waals surface area contributed by atoms with Gasteiger partial charge in [0.2, 0.25) is 0 Å². The summed E-state index contributed by atoms with van der Waals surface area (Å²) in [6.45, 7) is 8.49. The zero-order valence-electron chi connectivity index (χ0n) is 21.8. The van der Waals surface area contributed by atoms with Crippen molar-refractivity contribution in [3.8, 4) is 0 Å². The van der Waals surface area contributed by atoms with Crippen LogP contribution in [0.2, 0.25) is 0 Å². The Morgan fingerprint density at radius 3 is 1.39 bits per heavy atom. The Hall–Kier alpha value is -1.09. The summed E-state index contributed by atoms with van der Waals surface area (Å²) in [6, 6.07) is 36.6. The van der Waals surface area contributed by atoms with E-state index >= 15 is 0 Å². The summed E-state index contributed by atoms with van der Waals surface area (Å²) in [4.78, 5) is 0.841. The summed E-state index contributed by atoms with van der Waals surface area (Å²) >= 11 is 14.7. The van der Waals surface area contributed by atoms with Gasteiger partial charge in [0.05, 0.1) is 0 Å². The van der Waals surface area contributed by atoms with Gasteiger partial charge in [-0.25, -0.2) is 0 Å². The first-order chi connectivity index (χ1) is 18.1. The molecule has 0 saturated carbocycles. The van der Waals surface area contributed by atoms with Crippen LogP contribution >= 0.6 is 39.1 Å². The fourth-order valence-corrected chi connectivity index (χ4v) is 9.36. The first kappa shape index (κ1) is 31.4. The van der Waals surface area contributed by atoms with Crippen LogP contribution in [0, 0.1) is 20.8 Å². The van der Waals surface area contributed by atoms with Gasteiger partial charge < -0.3 is 17.3 Å². The van der Waals surface area contributed by atoms with Gasteiger partial charge in [0, 0.05) is 5.71 Å². The van der Waals surface area contributed by atoms with Crippen LogP contribution in [0.3, 0.4) is 0 Å². The Labute approximate surface area is 259 Å². The molecule has 4 aromatic rings. The van der Waals surface area contributed by atoms with Crippen LogP contribution < -0.4 is 15.6 Å². The molecule has 0 fully saturated rings. The van der Waals surface area contributed by atoms with Crippen LogP contribution in [-0.4, -0.2) is 13.9 Å². The third-order valence-electron chi connectivity index (χ3n) is 6.18.